The number of rotatable bonds is 5. The van der Waals surface area contributed by atoms with Crippen molar-refractivity contribution in [3.05, 3.63) is 35.9 Å². The molecule has 0 bridgehead atoms. The monoisotopic (exact) mass is 323 g/mol. The Balaban J connectivity index is 0.00000176. The summed E-state index contributed by atoms with van der Waals surface area (Å²) in [6.07, 6.45) is 3.93. The molecule has 0 saturated carbocycles. The molecule has 2 fully saturated rings. The molecule has 3 nitrogen and oxygen atoms in total. The number of piperazine rings is 1. The standard InChI is InChI=1S/C18H29N3.ClH/c1-2-4-17(5-3-1)8-11-20-12-14-21(15-13-20)16-18-6-9-19-10-7-18;/h1-5,18-19H,6-16H2;1H. The van der Waals surface area contributed by atoms with E-state index in [9.17, 15) is 0 Å². The molecule has 0 radical (unpaired) electrons. The average Bonchev–Trinajstić information content (AvgIpc) is 2.56. The second kappa shape index (κ2) is 9.51. The molecule has 1 aromatic rings. The van der Waals surface area contributed by atoms with Gasteiger partial charge in [-0.3, -0.25) is 0 Å². The maximum Gasteiger partial charge on any atom is 0.0110 e. The lowest BCUT2D eigenvalue weighted by Gasteiger charge is -2.37. The van der Waals surface area contributed by atoms with Crippen LogP contribution in [0.5, 0.6) is 0 Å². The first kappa shape index (κ1) is 17.7. The predicted molar refractivity (Wildman–Crippen MR) is 95.9 cm³/mol. The highest BCUT2D eigenvalue weighted by atomic mass is 35.5. The van der Waals surface area contributed by atoms with Crippen molar-refractivity contribution in [1.29, 1.82) is 0 Å². The van der Waals surface area contributed by atoms with E-state index in [4.69, 9.17) is 0 Å². The van der Waals surface area contributed by atoms with E-state index in [1.54, 1.807) is 0 Å². The second-order valence-electron chi connectivity index (χ2n) is 6.57. The van der Waals surface area contributed by atoms with Crippen LogP contribution in [0.15, 0.2) is 30.3 Å². The van der Waals surface area contributed by atoms with E-state index < -0.39 is 0 Å². The fraction of sp³-hybridized carbons (Fsp3) is 0.667. The molecule has 4 heteroatoms. The Morgan fingerprint density at radius 2 is 1.55 bits per heavy atom. The molecule has 22 heavy (non-hydrogen) atoms. The van der Waals surface area contributed by atoms with Crippen LogP contribution in [0, 0.1) is 5.92 Å². The van der Waals surface area contributed by atoms with Gasteiger partial charge in [0.2, 0.25) is 0 Å². The maximum atomic E-state index is 3.46. The molecule has 2 aliphatic rings. The van der Waals surface area contributed by atoms with Crippen LogP contribution in [-0.4, -0.2) is 62.2 Å². The minimum absolute atomic E-state index is 0. The van der Waals surface area contributed by atoms with Gasteiger partial charge in [-0.25, -0.2) is 0 Å². The summed E-state index contributed by atoms with van der Waals surface area (Å²) in [6, 6.07) is 10.9. The summed E-state index contributed by atoms with van der Waals surface area (Å²) < 4.78 is 0. The normalized spacial score (nSPS) is 21.5. The van der Waals surface area contributed by atoms with E-state index in [0.29, 0.717) is 0 Å². The van der Waals surface area contributed by atoms with Crippen molar-refractivity contribution >= 4 is 12.4 Å². The minimum Gasteiger partial charge on any atom is -0.317 e. The highest BCUT2D eigenvalue weighted by Crippen LogP contribution is 2.15. The first-order valence-corrected chi connectivity index (χ1v) is 8.59. The molecule has 0 atom stereocenters. The van der Waals surface area contributed by atoms with Gasteiger partial charge in [-0.1, -0.05) is 30.3 Å². The van der Waals surface area contributed by atoms with Gasteiger partial charge >= 0.3 is 0 Å². The molecule has 0 amide bonds. The van der Waals surface area contributed by atoms with Gasteiger partial charge in [0.1, 0.15) is 0 Å². The van der Waals surface area contributed by atoms with Crippen molar-refractivity contribution in [1.82, 2.24) is 15.1 Å². The van der Waals surface area contributed by atoms with Crippen LogP contribution in [0.2, 0.25) is 0 Å². The van der Waals surface area contributed by atoms with Crippen LogP contribution < -0.4 is 5.32 Å². The Morgan fingerprint density at radius 3 is 2.23 bits per heavy atom. The summed E-state index contributed by atoms with van der Waals surface area (Å²) in [7, 11) is 0. The molecular formula is C18H30ClN3. The van der Waals surface area contributed by atoms with E-state index in [1.165, 1.54) is 77.2 Å². The largest absolute Gasteiger partial charge is 0.317 e. The van der Waals surface area contributed by atoms with Crippen LogP contribution in [-0.2, 0) is 6.42 Å². The molecule has 2 heterocycles. The SMILES string of the molecule is Cl.c1ccc(CCN2CCN(CC3CCNCC3)CC2)cc1. The summed E-state index contributed by atoms with van der Waals surface area (Å²) in [5.74, 6) is 0.933. The summed E-state index contributed by atoms with van der Waals surface area (Å²) >= 11 is 0. The third-order valence-corrected chi connectivity index (χ3v) is 5.00. The van der Waals surface area contributed by atoms with Crippen molar-refractivity contribution in [2.45, 2.75) is 19.3 Å². The molecule has 124 valence electrons. The molecule has 0 unspecified atom stereocenters. The van der Waals surface area contributed by atoms with Crippen LogP contribution in [0.1, 0.15) is 18.4 Å². The molecule has 0 aliphatic carbocycles. The Morgan fingerprint density at radius 1 is 0.909 bits per heavy atom. The topological polar surface area (TPSA) is 18.5 Å². The van der Waals surface area contributed by atoms with Gasteiger partial charge in [0.15, 0.2) is 0 Å². The van der Waals surface area contributed by atoms with E-state index in [-0.39, 0.29) is 12.4 Å². The maximum absolute atomic E-state index is 3.46. The highest BCUT2D eigenvalue weighted by Gasteiger charge is 2.21. The molecule has 0 spiro atoms. The average molecular weight is 324 g/mol. The summed E-state index contributed by atoms with van der Waals surface area (Å²) in [4.78, 5) is 5.32. The number of halogens is 1. The third-order valence-electron chi connectivity index (χ3n) is 5.00. The lowest BCUT2D eigenvalue weighted by atomic mass is 9.97. The lowest BCUT2D eigenvalue weighted by Crippen LogP contribution is -2.48. The van der Waals surface area contributed by atoms with Gasteiger partial charge in [0.05, 0.1) is 0 Å². The lowest BCUT2D eigenvalue weighted by molar-refractivity contribution is 0.112. The number of hydrogen-bond donors (Lipinski definition) is 1. The first-order valence-electron chi connectivity index (χ1n) is 8.59. The number of piperidine rings is 1. The van der Waals surface area contributed by atoms with Crippen LogP contribution >= 0.6 is 12.4 Å². The van der Waals surface area contributed by atoms with Crippen molar-refractivity contribution in [3.63, 3.8) is 0 Å². The third kappa shape index (κ3) is 5.54. The van der Waals surface area contributed by atoms with Crippen LogP contribution in [0.3, 0.4) is 0 Å². The molecule has 2 aliphatic heterocycles. The Kier molecular flexibility index (Phi) is 7.67. The molecule has 2 saturated heterocycles. The second-order valence-corrected chi connectivity index (χ2v) is 6.57. The van der Waals surface area contributed by atoms with Gasteiger partial charge in [-0.2, -0.15) is 0 Å². The van der Waals surface area contributed by atoms with E-state index >= 15 is 0 Å². The smallest absolute Gasteiger partial charge is 0.0110 e. The number of benzene rings is 1. The summed E-state index contributed by atoms with van der Waals surface area (Å²) in [5, 5.41) is 3.46. The molecule has 0 aromatic heterocycles. The van der Waals surface area contributed by atoms with Crippen LogP contribution in [0.25, 0.3) is 0 Å². The van der Waals surface area contributed by atoms with Gasteiger partial charge < -0.3 is 15.1 Å². The van der Waals surface area contributed by atoms with Gasteiger partial charge in [-0.05, 0) is 43.8 Å². The minimum atomic E-state index is 0. The van der Waals surface area contributed by atoms with Crippen molar-refractivity contribution in [3.8, 4) is 0 Å². The zero-order valence-corrected chi connectivity index (χ0v) is 14.4. The first-order chi connectivity index (χ1) is 10.4. The Bertz CT molecular complexity index is 398. The molecule has 1 aromatic carbocycles. The van der Waals surface area contributed by atoms with Gasteiger partial charge in [0.25, 0.3) is 0 Å². The zero-order valence-electron chi connectivity index (χ0n) is 13.5. The van der Waals surface area contributed by atoms with E-state index in [0.717, 1.165) is 5.92 Å². The number of hydrogen-bond acceptors (Lipinski definition) is 3. The summed E-state index contributed by atoms with van der Waals surface area (Å²) in [6.45, 7) is 10.0. The van der Waals surface area contributed by atoms with Crippen LogP contribution in [0.4, 0.5) is 0 Å². The Hall–Kier alpha value is -0.610. The van der Waals surface area contributed by atoms with E-state index in [1.807, 2.05) is 0 Å². The van der Waals surface area contributed by atoms with Gasteiger partial charge in [-0.15, -0.1) is 12.4 Å². The number of nitrogens with zero attached hydrogens (tertiary/aromatic N) is 2. The van der Waals surface area contributed by atoms with Gasteiger partial charge in [0, 0.05) is 39.3 Å². The summed E-state index contributed by atoms with van der Waals surface area (Å²) in [5.41, 5.74) is 1.47. The molecular weight excluding hydrogens is 294 g/mol. The van der Waals surface area contributed by atoms with Crippen molar-refractivity contribution in [2.75, 3.05) is 52.4 Å². The zero-order chi connectivity index (χ0) is 14.3. The predicted octanol–water partition coefficient (Wildman–Crippen LogP) is 2.27. The van der Waals surface area contributed by atoms with E-state index in [2.05, 4.69) is 45.4 Å². The van der Waals surface area contributed by atoms with Crippen molar-refractivity contribution < 1.29 is 0 Å². The molecule has 3 rings (SSSR count). The Labute approximate surface area is 141 Å². The highest BCUT2D eigenvalue weighted by molar-refractivity contribution is 5.85. The quantitative estimate of drug-likeness (QED) is 0.897. The fourth-order valence-corrected chi connectivity index (χ4v) is 3.56. The number of nitrogens with one attached hydrogen (secondary N) is 1. The van der Waals surface area contributed by atoms with Crippen molar-refractivity contribution in [2.24, 2.45) is 5.92 Å². The fourth-order valence-electron chi connectivity index (χ4n) is 3.56. The molecule has 1 N–H and O–H groups in total.